The molecule has 2 heterocycles. The smallest absolute Gasteiger partial charge is 0.315 e. The van der Waals surface area contributed by atoms with E-state index in [4.69, 9.17) is 0 Å². The number of thiazole rings is 1. The zero-order chi connectivity index (χ0) is 16.7. The predicted molar refractivity (Wildman–Crippen MR) is 91.6 cm³/mol. The number of nitrogens with one attached hydrogen (secondary N) is 2. The minimum atomic E-state index is -0.487. The first-order chi connectivity index (χ1) is 11.1. The average molecular weight is 338 g/mol. The lowest BCUT2D eigenvalue weighted by atomic mass is 10.1. The minimum absolute atomic E-state index is 0.00642. The molecule has 0 aliphatic carbocycles. The summed E-state index contributed by atoms with van der Waals surface area (Å²) in [5, 5.41) is 8.66. The Morgan fingerprint density at radius 2 is 2.09 bits per heavy atom. The molecule has 1 saturated heterocycles. The normalized spacial score (nSPS) is 16.0. The van der Waals surface area contributed by atoms with Gasteiger partial charge in [-0.15, -0.1) is 11.3 Å². The number of amides is 3. The second kappa shape index (κ2) is 8.86. The predicted octanol–water partition coefficient (Wildman–Crippen LogP) is 1.95. The summed E-state index contributed by atoms with van der Waals surface area (Å²) >= 11 is 1.65. The van der Waals surface area contributed by atoms with E-state index in [0.717, 1.165) is 43.1 Å². The first-order valence-electron chi connectivity index (χ1n) is 8.36. The molecule has 0 saturated carbocycles. The fourth-order valence-electron chi connectivity index (χ4n) is 2.63. The Hall–Kier alpha value is -1.63. The van der Waals surface area contributed by atoms with Crippen LogP contribution in [0.1, 0.15) is 43.8 Å². The van der Waals surface area contributed by atoms with E-state index in [9.17, 15) is 9.59 Å². The van der Waals surface area contributed by atoms with Gasteiger partial charge in [-0.25, -0.2) is 9.78 Å². The van der Waals surface area contributed by atoms with E-state index < -0.39 is 6.04 Å². The van der Waals surface area contributed by atoms with E-state index >= 15 is 0 Å². The Kier molecular flexibility index (Phi) is 6.83. The van der Waals surface area contributed by atoms with Gasteiger partial charge in [-0.3, -0.25) is 4.79 Å². The summed E-state index contributed by atoms with van der Waals surface area (Å²) in [5.41, 5.74) is 1.00. The van der Waals surface area contributed by atoms with Gasteiger partial charge < -0.3 is 15.5 Å². The highest BCUT2D eigenvalue weighted by molar-refractivity contribution is 7.09. The van der Waals surface area contributed by atoms with Crippen LogP contribution in [0.25, 0.3) is 0 Å². The highest BCUT2D eigenvalue weighted by Crippen LogP contribution is 2.11. The molecule has 1 unspecified atom stereocenters. The molecule has 1 aromatic rings. The maximum Gasteiger partial charge on any atom is 0.315 e. The van der Waals surface area contributed by atoms with Gasteiger partial charge in [0.2, 0.25) is 5.91 Å². The van der Waals surface area contributed by atoms with Crippen molar-refractivity contribution in [1.29, 1.82) is 0 Å². The lowest BCUT2D eigenvalue weighted by molar-refractivity contribution is -0.133. The fourth-order valence-corrected chi connectivity index (χ4v) is 3.41. The van der Waals surface area contributed by atoms with Crippen LogP contribution in [0.3, 0.4) is 0 Å². The summed E-state index contributed by atoms with van der Waals surface area (Å²) in [4.78, 5) is 30.4. The van der Waals surface area contributed by atoms with Crippen molar-refractivity contribution in [3.05, 3.63) is 16.1 Å². The van der Waals surface area contributed by atoms with Crippen molar-refractivity contribution in [2.24, 2.45) is 0 Å². The maximum absolute atomic E-state index is 12.2. The third kappa shape index (κ3) is 5.49. The minimum Gasteiger partial charge on any atom is -0.341 e. The molecule has 0 radical (unpaired) electrons. The van der Waals surface area contributed by atoms with E-state index in [0.29, 0.717) is 13.0 Å². The molecule has 1 aromatic heterocycles. The zero-order valence-corrected chi connectivity index (χ0v) is 14.7. The molecule has 1 aliphatic rings. The average Bonchev–Trinajstić information content (AvgIpc) is 3.03. The molecule has 6 nitrogen and oxygen atoms in total. The summed E-state index contributed by atoms with van der Waals surface area (Å²) in [6.45, 7) is 5.94. The number of hydrogen-bond donors (Lipinski definition) is 2. The summed E-state index contributed by atoms with van der Waals surface area (Å²) < 4.78 is 0. The van der Waals surface area contributed by atoms with E-state index in [2.05, 4.69) is 22.5 Å². The molecule has 1 fully saturated rings. The lowest BCUT2D eigenvalue weighted by Gasteiger charge is -2.29. The summed E-state index contributed by atoms with van der Waals surface area (Å²) in [5.74, 6) is 0.00642. The number of likely N-dealkylation sites (tertiary alicyclic amines) is 1. The van der Waals surface area contributed by atoms with Gasteiger partial charge in [0.25, 0.3) is 0 Å². The highest BCUT2D eigenvalue weighted by atomic mass is 32.1. The molecule has 3 amide bonds. The van der Waals surface area contributed by atoms with Gasteiger partial charge in [0.1, 0.15) is 6.04 Å². The van der Waals surface area contributed by atoms with E-state index in [1.165, 1.54) is 6.42 Å². The number of nitrogens with zero attached hydrogens (tertiary/aromatic N) is 2. The number of piperidine rings is 1. The first kappa shape index (κ1) is 17.7. The van der Waals surface area contributed by atoms with Crippen molar-refractivity contribution in [2.45, 2.75) is 52.0 Å². The number of aromatic nitrogens is 1. The van der Waals surface area contributed by atoms with Crippen LogP contribution in [0.15, 0.2) is 5.38 Å². The van der Waals surface area contributed by atoms with Crippen molar-refractivity contribution >= 4 is 23.3 Å². The number of hydrogen-bond acceptors (Lipinski definition) is 4. The topological polar surface area (TPSA) is 74.3 Å². The summed E-state index contributed by atoms with van der Waals surface area (Å²) in [6, 6.07) is -0.784. The standard InChI is InChI=1S/C16H26N4O2S/c1-3-14-19-13(11-23-14)7-8-17-16(22)18-12(2)15(21)20-9-5-4-6-10-20/h11-12H,3-10H2,1-2H3,(H2,17,18,22). The molecule has 1 aliphatic heterocycles. The van der Waals surface area contributed by atoms with Crippen LogP contribution < -0.4 is 10.6 Å². The molecular weight excluding hydrogens is 312 g/mol. The van der Waals surface area contributed by atoms with Gasteiger partial charge in [0.05, 0.1) is 10.7 Å². The van der Waals surface area contributed by atoms with Crippen LogP contribution in [0.2, 0.25) is 0 Å². The third-order valence-corrected chi connectivity index (χ3v) is 5.00. The quantitative estimate of drug-likeness (QED) is 0.832. The van der Waals surface area contributed by atoms with Crippen LogP contribution in [0, 0.1) is 0 Å². The van der Waals surface area contributed by atoms with Gasteiger partial charge in [0, 0.05) is 31.4 Å². The van der Waals surface area contributed by atoms with E-state index in [1.54, 1.807) is 18.3 Å². The second-order valence-corrected chi connectivity index (χ2v) is 6.79. The molecule has 2 rings (SSSR count). The van der Waals surface area contributed by atoms with Crippen LogP contribution >= 0.6 is 11.3 Å². The number of urea groups is 1. The number of aryl methyl sites for hydroxylation is 1. The SMILES string of the molecule is CCc1nc(CCNC(=O)NC(C)C(=O)N2CCCCC2)cs1. The van der Waals surface area contributed by atoms with Crippen LogP contribution in [-0.2, 0) is 17.6 Å². The van der Waals surface area contributed by atoms with Crippen molar-refractivity contribution < 1.29 is 9.59 Å². The second-order valence-electron chi connectivity index (χ2n) is 5.84. The number of carbonyl (C=O) groups excluding carboxylic acids is 2. The zero-order valence-electron chi connectivity index (χ0n) is 13.9. The number of carbonyl (C=O) groups is 2. The first-order valence-corrected chi connectivity index (χ1v) is 9.24. The third-order valence-electron chi connectivity index (χ3n) is 3.95. The molecule has 7 heteroatoms. The molecule has 0 spiro atoms. The van der Waals surface area contributed by atoms with Crippen molar-refractivity contribution in [1.82, 2.24) is 20.5 Å². The fraction of sp³-hybridized carbons (Fsp3) is 0.688. The Bertz CT molecular complexity index is 526. The van der Waals surface area contributed by atoms with Gasteiger partial charge >= 0.3 is 6.03 Å². The van der Waals surface area contributed by atoms with Gasteiger partial charge in [-0.05, 0) is 32.6 Å². The Morgan fingerprint density at radius 1 is 1.35 bits per heavy atom. The van der Waals surface area contributed by atoms with Crippen molar-refractivity contribution in [2.75, 3.05) is 19.6 Å². The Labute approximate surface area is 141 Å². The molecular formula is C16H26N4O2S. The summed E-state index contributed by atoms with van der Waals surface area (Å²) in [7, 11) is 0. The molecule has 1 atom stereocenters. The van der Waals surface area contributed by atoms with Crippen molar-refractivity contribution in [3.8, 4) is 0 Å². The Balaban J connectivity index is 1.68. The lowest BCUT2D eigenvalue weighted by Crippen LogP contribution is -2.51. The maximum atomic E-state index is 12.2. The Morgan fingerprint density at radius 3 is 2.74 bits per heavy atom. The van der Waals surface area contributed by atoms with Crippen LogP contribution in [0.5, 0.6) is 0 Å². The van der Waals surface area contributed by atoms with Crippen LogP contribution in [-0.4, -0.2) is 47.5 Å². The highest BCUT2D eigenvalue weighted by Gasteiger charge is 2.23. The summed E-state index contributed by atoms with van der Waals surface area (Å²) in [6.07, 6.45) is 4.94. The van der Waals surface area contributed by atoms with Gasteiger partial charge in [-0.2, -0.15) is 0 Å². The van der Waals surface area contributed by atoms with Gasteiger partial charge in [0.15, 0.2) is 0 Å². The van der Waals surface area contributed by atoms with Gasteiger partial charge in [-0.1, -0.05) is 6.92 Å². The van der Waals surface area contributed by atoms with E-state index in [1.807, 2.05) is 10.3 Å². The molecule has 0 aromatic carbocycles. The molecule has 0 bridgehead atoms. The monoisotopic (exact) mass is 338 g/mol. The largest absolute Gasteiger partial charge is 0.341 e. The molecule has 128 valence electrons. The van der Waals surface area contributed by atoms with Crippen LogP contribution in [0.4, 0.5) is 4.79 Å². The molecule has 23 heavy (non-hydrogen) atoms. The number of rotatable bonds is 6. The van der Waals surface area contributed by atoms with E-state index in [-0.39, 0.29) is 11.9 Å². The van der Waals surface area contributed by atoms with Crippen molar-refractivity contribution in [3.63, 3.8) is 0 Å². The molecule has 2 N–H and O–H groups in total.